The van der Waals surface area contributed by atoms with Crippen molar-refractivity contribution in [3.8, 4) is 5.75 Å². The van der Waals surface area contributed by atoms with Gasteiger partial charge in [0.25, 0.3) is 6.43 Å². The number of nitrogens with two attached hydrogens (primary N) is 1. The van der Waals surface area contributed by atoms with E-state index < -0.39 is 18.8 Å². The normalized spacial score (nSPS) is 11.4. The van der Waals surface area contributed by atoms with Crippen molar-refractivity contribution in [2.75, 3.05) is 26.1 Å². The number of alkyl halides is 2. The molecule has 0 bridgehead atoms. The second-order valence-electron chi connectivity index (χ2n) is 4.06. The summed E-state index contributed by atoms with van der Waals surface area (Å²) >= 11 is 0. The fourth-order valence-corrected chi connectivity index (χ4v) is 1.86. The Morgan fingerprint density at radius 1 is 1.40 bits per heavy atom. The molecule has 0 spiro atoms. The summed E-state index contributed by atoms with van der Waals surface area (Å²) in [6.45, 7) is -0.339. The van der Waals surface area contributed by atoms with E-state index in [9.17, 15) is 13.2 Å². The molecule has 1 aromatic carbocycles. The van der Waals surface area contributed by atoms with Crippen LogP contribution in [0.25, 0.3) is 11.0 Å². The summed E-state index contributed by atoms with van der Waals surface area (Å²) < 4.78 is 48.7. The molecule has 8 heteroatoms. The number of fused-ring (bicyclic) bond motifs is 1. The van der Waals surface area contributed by atoms with E-state index in [1.807, 2.05) is 0 Å². The highest BCUT2D eigenvalue weighted by Crippen LogP contribution is 2.26. The van der Waals surface area contributed by atoms with Gasteiger partial charge >= 0.3 is 0 Å². The lowest BCUT2D eigenvalue weighted by molar-refractivity contribution is 0.0151. The first-order chi connectivity index (χ1) is 9.52. The van der Waals surface area contributed by atoms with Gasteiger partial charge in [0.1, 0.15) is 6.61 Å². The zero-order valence-corrected chi connectivity index (χ0v) is 10.8. The topological polar surface area (TPSA) is 62.3 Å². The number of ether oxygens (including phenoxy) is 2. The van der Waals surface area contributed by atoms with E-state index in [2.05, 4.69) is 4.98 Å². The van der Waals surface area contributed by atoms with Crippen molar-refractivity contribution in [3.05, 3.63) is 17.9 Å². The van der Waals surface area contributed by atoms with Crippen LogP contribution >= 0.6 is 0 Å². The predicted octanol–water partition coefficient (Wildman–Crippen LogP) is 2.05. The molecule has 0 amide bonds. The molecule has 110 valence electrons. The summed E-state index contributed by atoms with van der Waals surface area (Å²) in [5, 5.41) is 0. The third-order valence-corrected chi connectivity index (χ3v) is 2.75. The number of benzene rings is 1. The lowest BCUT2D eigenvalue weighted by Gasteiger charge is -2.08. The standard InChI is InChI=1S/C12H14F3N3O2/c1-19-10-5-9-8(4-7(10)13)17-12(16)18(9)2-3-20-6-11(14)15/h4-5,11H,2-3,6H2,1H3,(H2,16,17). The molecule has 1 aromatic heterocycles. The van der Waals surface area contributed by atoms with Gasteiger partial charge in [-0.1, -0.05) is 0 Å². The SMILES string of the molecule is COc1cc2c(cc1F)nc(N)n2CCOCC(F)F. The summed E-state index contributed by atoms with van der Waals surface area (Å²) in [6, 6.07) is 2.67. The Morgan fingerprint density at radius 2 is 2.15 bits per heavy atom. The molecule has 1 heterocycles. The van der Waals surface area contributed by atoms with Gasteiger partial charge in [0.2, 0.25) is 5.95 Å². The van der Waals surface area contributed by atoms with Crippen LogP contribution in [0.5, 0.6) is 5.75 Å². The van der Waals surface area contributed by atoms with Gasteiger partial charge in [-0.15, -0.1) is 0 Å². The minimum absolute atomic E-state index is 0.0552. The first-order valence-corrected chi connectivity index (χ1v) is 5.88. The number of methoxy groups -OCH3 is 1. The van der Waals surface area contributed by atoms with Crippen LogP contribution in [0.1, 0.15) is 0 Å². The number of hydrogen-bond acceptors (Lipinski definition) is 4. The van der Waals surface area contributed by atoms with E-state index in [0.717, 1.165) is 0 Å². The van der Waals surface area contributed by atoms with E-state index in [1.54, 1.807) is 4.57 Å². The Kier molecular flexibility index (Phi) is 4.33. The van der Waals surface area contributed by atoms with Gasteiger partial charge in [-0.2, -0.15) is 0 Å². The number of imidazole rings is 1. The smallest absolute Gasteiger partial charge is 0.261 e. The number of halogens is 3. The zero-order chi connectivity index (χ0) is 14.7. The second kappa shape index (κ2) is 6.00. The number of aromatic nitrogens is 2. The van der Waals surface area contributed by atoms with Crippen molar-refractivity contribution < 1.29 is 22.6 Å². The van der Waals surface area contributed by atoms with Crippen LogP contribution in [-0.4, -0.2) is 36.3 Å². The van der Waals surface area contributed by atoms with Gasteiger partial charge in [-0.25, -0.2) is 18.2 Å². The maximum absolute atomic E-state index is 13.5. The molecule has 20 heavy (non-hydrogen) atoms. The molecule has 0 aliphatic carbocycles. The van der Waals surface area contributed by atoms with Crippen molar-refractivity contribution in [2.45, 2.75) is 13.0 Å². The average Bonchev–Trinajstić information content (AvgIpc) is 2.68. The maximum Gasteiger partial charge on any atom is 0.261 e. The van der Waals surface area contributed by atoms with Gasteiger partial charge in [-0.3, -0.25) is 0 Å². The number of nitrogens with zero attached hydrogens (tertiary/aromatic N) is 2. The lowest BCUT2D eigenvalue weighted by atomic mass is 10.3. The van der Waals surface area contributed by atoms with Gasteiger partial charge in [0.05, 0.1) is 24.8 Å². The van der Waals surface area contributed by atoms with Crippen molar-refractivity contribution in [3.63, 3.8) is 0 Å². The molecule has 0 aliphatic heterocycles. The molecule has 2 aromatic rings. The van der Waals surface area contributed by atoms with E-state index in [-0.39, 0.29) is 24.8 Å². The molecule has 0 unspecified atom stereocenters. The van der Waals surface area contributed by atoms with Crippen molar-refractivity contribution >= 4 is 17.0 Å². The van der Waals surface area contributed by atoms with Crippen LogP contribution in [0, 0.1) is 5.82 Å². The minimum Gasteiger partial charge on any atom is -0.494 e. The summed E-state index contributed by atoms with van der Waals surface area (Å²) in [5.41, 5.74) is 6.65. The van der Waals surface area contributed by atoms with E-state index >= 15 is 0 Å². The molecule has 0 saturated heterocycles. The summed E-state index contributed by atoms with van der Waals surface area (Å²) in [6.07, 6.45) is -2.51. The minimum atomic E-state index is -2.51. The molecule has 0 saturated carbocycles. The summed E-state index contributed by atoms with van der Waals surface area (Å²) in [4.78, 5) is 4.00. The lowest BCUT2D eigenvalue weighted by Crippen LogP contribution is -2.12. The molecular formula is C12H14F3N3O2. The third kappa shape index (κ3) is 2.96. The Balaban J connectivity index is 2.21. The fourth-order valence-electron chi connectivity index (χ4n) is 1.86. The molecular weight excluding hydrogens is 275 g/mol. The predicted molar refractivity (Wildman–Crippen MR) is 67.5 cm³/mol. The molecule has 0 fully saturated rings. The fraction of sp³-hybridized carbons (Fsp3) is 0.417. The van der Waals surface area contributed by atoms with Crippen LogP contribution in [0.4, 0.5) is 19.1 Å². The number of nitrogen functional groups attached to an aromatic ring is 1. The molecule has 0 radical (unpaired) electrons. The number of anilines is 1. The average molecular weight is 289 g/mol. The second-order valence-corrected chi connectivity index (χ2v) is 4.06. The highest BCUT2D eigenvalue weighted by molar-refractivity contribution is 5.80. The van der Waals surface area contributed by atoms with Crippen LogP contribution in [0.2, 0.25) is 0 Å². The molecule has 2 N–H and O–H groups in total. The quantitative estimate of drug-likeness (QED) is 0.827. The maximum atomic E-state index is 13.5. The third-order valence-electron chi connectivity index (χ3n) is 2.75. The monoisotopic (exact) mass is 289 g/mol. The van der Waals surface area contributed by atoms with Gasteiger partial charge in [-0.05, 0) is 0 Å². The van der Waals surface area contributed by atoms with Crippen molar-refractivity contribution in [2.24, 2.45) is 0 Å². The number of rotatable bonds is 6. The van der Waals surface area contributed by atoms with Crippen LogP contribution in [0.15, 0.2) is 12.1 Å². The Morgan fingerprint density at radius 3 is 2.80 bits per heavy atom. The van der Waals surface area contributed by atoms with Crippen LogP contribution in [-0.2, 0) is 11.3 Å². The van der Waals surface area contributed by atoms with Crippen LogP contribution < -0.4 is 10.5 Å². The van der Waals surface area contributed by atoms with E-state index in [1.165, 1.54) is 19.2 Å². The Labute approximate surface area is 113 Å². The largest absolute Gasteiger partial charge is 0.494 e. The van der Waals surface area contributed by atoms with Crippen molar-refractivity contribution in [1.82, 2.24) is 9.55 Å². The molecule has 5 nitrogen and oxygen atoms in total. The molecule has 0 aliphatic rings. The first-order valence-electron chi connectivity index (χ1n) is 5.88. The van der Waals surface area contributed by atoms with Gasteiger partial charge < -0.3 is 19.8 Å². The van der Waals surface area contributed by atoms with Gasteiger partial charge in [0, 0.05) is 18.7 Å². The van der Waals surface area contributed by atoms with Crippen molar-refractivity contribution in [1.29, 1.82) is 0 Å². The Hall–Kier alpha value is -1.96. The van der Waals surface area contributed by atoms with E-state index in [4.69, 9.17) is 15.2 Å². The first kappa shape index (κ1) is 14.4. The Bertz CT molecular complexity index is 601. The zero-order valence-electron chi connectivity index (χ0n) is 10.8. The molecule has 0 atom stereocenters. The van der Waals surface area contributed by atoms with E-state index in [0.29, 0.717) is 11.0 Å². The highest BCUT2D eigenvalue weighted by Gasteiger charge is 2.13. The number of hydrogen-bond donors (Lipinski definition) is 1. The van der Waals surface area contributed by atoms with Crippen LogP contribution in [0.3, 0.4) is 0 Å². The highest BCUT2D eigenvalue weighted by atomic mass is 19.3. The molecule has 2 rings (SSSR count). The summed E-state index contributed by atoms with van der Waals surface area (Å²) in [5.74, 6) is -0.320. The van der Waals surface area contributed by atoms with Gasteiger partial charge in [0.15, 0.2) is 11.6 Å². The summed E-state index contributed by atoms with van der Waals surface area (Å²) in [7, 11) is 1.35.